The number of hydrogen-bond acceptors (Lipinski definition) is 6. The number of nitrogens with one attached hydrogen (secondary N) is 2. The van der Waals surface area contributed by atoms with Crippen LogP contribution in [0.5, 0.6) is 11.5 Å². The van der Waals surface area contributed by atoms with Gasteiger partial charge in [0, 0.05) is 23.9 Å². The summed E-state index contributed by atoms with van der Waals surface area (Å²) in [6.45, 7) is 7.62. The largest absolute Gasteiger partial charge is 0.506 e. The van der Waals surface area contributed by atoms with Crippen LogP contribution in [0, 0.1) is 13.8 Å². The van der Waals surface area contributed by atoms with Gasteiger partial charge in [0.25, 0.3) is 5.91 Å². The maximum Gasteiger partial charge on any atom is 0.328 e. The van der Waals surface area contributed by atoms with Crippen molar-refractivity contribution in [3.05, 3.63) is 64.7 Å². The third-order valence-electron chi connectivity index (χ3n) is 5.92. The molecule has 0 bridgehead atoms. The van der Waals surface area contributed by atoms with Crippen molar-refractivity contribution in [2.75, 3.05) is 7.11 Å². The number of phenols is 1. The number of carbonyl (C=O) groups is 2. The molecular weight excluding hydrogens is 422 g/mol. The highest BCUT2D eigenvalue weighted by Crippen LogP contribution is 2.51. The number of phenolic OH excluding ortho intramolecular Hbond substituents is 1. The van der Waals surface area contributed by atoms with Crippen molar-refractivity contribution >= 4 is 11.9 Å². The lowest BCUT2D eigenvalue weighted by Gasteiger charge is -2.36. The molecule has 4 rings (SSSR count). The minimum atomic E-state index is -0.956. The maximum absolute atomic E-state index is 13.3. The van der Waals surface area contributed by atoms with Crippen molar-refractivity contribution in [3.8, 4) is 22.6 Å². The highest BCUT2D eigenvalue weighted by molar-refractivity contribution is 6.03. The SMILES string of the molecule is COC(=O)[C@H](Cc1cnc[nH]1)NC(=O)c1c(C)cc2c(c1O)-c1cc(C)ccc1C(C)(C)O2. The molecule has 0 unspecified atom stereocenters. The average molecular weight is 450 g/mol. The molecule has 0 radical (unpaired) electrons. The van der Waals surface area contributed by atoms with Crippen molar-refractivity contribution in [1.82, 2.24) is 15.3 Å². The van der Waals surface area contributed by atoms with Crippen LogP contribution in [-0.4, -0.2) is 40.1 Å². The van der Waals surface area contributed by atoms with Gasteiger partial charge < -0.3 is 24.9 Å². The summed E-state index contributed by atoms with van der Waals surface area (Å²) in [4.78, 5) is 32.5. The Morgan fingerprint density at radius 1 is 1.27 bits per heavy atom. The molecule has 0 saturated carbocycles. The summed E-state index contributed by atoms with van der Waals surface area (Å²) >= 11 is 0. The van der Waals surface area contributed by atoms with Gasteiger partial charge in [-0.15, -0.1) is 0 Å². The summed E-state index contributed by atoms with van der Waals surface area (Å²) in [7, 11) is 1.26. The van der Waals surface area contributed by atoms with Crippen LogP contribution in [0.25, 0.3) is 11.1 Å². The highest BCUT2D eigenvalue weighted by atomic mass is 16.5. The van der Waals surface area contributed by atoms with Gasteiger partial charge in [-0.3, -0.25) is 4.79 Å². The van der Waals surface area contributed by atoms with Crippen molar-refractivity contribution in [2.45, 2.75) is 45.8 Å². The minimum Gasteiger partial charge on any atom is -0.506 e. The predicted molar refractivity (Wildman–Crippen MR) is 122 cm³/mol. The van der Waals surface area contributed by atoms with Gasteiger partial charge in [-0.25, -0.2) is 9.78 Å². The number of ether oxygens (including phenoxy) is 2. The zero-order valence-electron chi connectivity index (χ0n) is 19.3. The van der Waals surface area contributed by atoms with Gasteiger partial charge in [0.05, 0.1) is 24.6 Å². The fraction of sp³-hybridized carbons (Fsp3) is 0.320. The normalized spacial score (nSPS) is 14.5. The minimum absolute atomic E-state index is 0.0861. The first-order valence-electron chi connectivity index (χ1n) is 10.7. The molecule has 0 aliphatic carbocycles. The molecule has 1 amide bonds. The van der Waals surface area contributed by atoms with E-state index < -0.39 is 23.5 Å². The lowest BCUT2D eigenvalue weighted by atomic mass is 9.83. The van der Waals surface area contributed by atoms with Gasteiger partial charge in [0.2, 0.25) is 0 Å². The molecule has 8 heteroatoms. The third-order valence-corrected chi connectivity index (χ3v) is 5.92. The second-order valence-corrected chi connectivity index (χ2v) is 8.78. The van der Waals surface area contributed by atoms with Gasteiger partial charge in [0.1, 0.15) is 23.1 Å². The summed E-state index contributed by atoms with van der Waals surface area (Å²) in [6.07, 6.45) is 3.23. The van der Waals surface area contributed by atoms with E-state index in [1.165, 1.54) is 13.4 Å². The van der Waals surface area contributed by atoms with Crippen LogP contribution in [0.3, 0.4) is 0 Å². The molecule has 1 atom stereocenters. The van der Waals surface area contributed by atoms with Crippen LogP contribution in [0.15, 0.2) is 36.8 Å². The number of H-pyrrole nitrogens is 1. The Bertz CT molecular complexity index is 1230. The first-order chi connectivity index (χ1) is 15.6. The standard InChI is InChI=1S/C25H27N3O5/c1-13-6-7-17-16(8-13)21-19(33-25(17,3)4)9-14(2)20(22(21)29)23(30)28-18(24(31)32-5)10-15-11-26-12-27-15/h6-9,11-12,18,29H,10H2,1-5H3,(H,26,27)(H,28,30)/t18-/m0/s1. The Balaban J connectivity index is 1.76. The molecule has 0 spiro atoms. The smallest absolute Gasteiger partial charge is 0.328 e. The number of rotatable bonds is 5. The quantitative estimate of drug-likeness (QED) is 0.514. The first-order valence-corrected chi connectivity index (χ1v) is 10.7. The number of aryl methyl sites for hydroxylation is 2. The molecule has 3 N–H and O–H groups in total. The Morgan fingerprint density at radius 3 is 2.70 bits per heavy atom. The Morgan fingerprint density at radius 2 is 2.03 bits per heavy atom. The number of imidazole rings is 1. The number of fused-ring (bicyclic) bond motifs is 3. The first kappa shape index (κ1) is 22.4. The Labute approximate surface area is 192 Å². The van der Waals surface area contributed by atoms with E-state index in [1.807, 2.05) is 39.0 Å². The Kier molecular flexibility index (Phi) is 5.61. The molecule has 1 aliphatic rings. The molecule has 1 aliphatic heterocycles. The zero-order chi connectivity index (χ0) is 23.9. The number of benzene rings is 2. The van der Waals surface area contributed by atoms with E-state index in [2.05, 4.69) is 15.3 Å². The van der Waals surface area contributed by atoms with Gasteiger partial charge >= 0.3 is 5.97 Å². The number of aromatic hydroxyl groups is 1. The summed E-state index contributed by atoms with van der Waals surface area (Å²) in [6, 6.07) is 6.74. The highest BCUT2D eigenvalue weighted by Gasteiger charge is 2.36. The van der Waals surface area contributed by atoms with E-state index >= 15 is 0 Å². The van der Waals surface area contributed by atoms with Gasteiger partial charge in [-0.1, -0.05) is 23.8 Å². The molecular formula is C25H27N3O5. The van der Waals surface area contributed by atoms with Crippen LogP contribution in [0.4, 0.5) is 0 Å². The average Bonchev–Trinajstić information content (AvgIpc) is 3.24. The zero-order valence-corrected chi connectivity index (χ0v) is 19.3. The molecule has 3 aromatic rings. The topological polar surface area (TPSA) is 114 Å². The van der Waals surface area contributed by atoms with Crippen LogP contribution in [-0.2, 0) is 21.6 Å². The van der Waals surface area contributed by atoms with E-state index in [-0.39, 0.29) is 17.7 Å². The number of amides is 1. The van der Waals surface area contributed by atoms with Crippen molar-refractivity contribution < 1.29 is 24.2 Å². The summed E-state index contributed by atoms with van der Waals surface area (Å²) in [5.74, 6) is -0.859. The molecule has 2 aromatic carbocycles. The van der Waals surface area contributed by atoms with Crippen LogP contribution in [0.1, 0.15) is 46.6 Å². The van der Waals surface area contributed by atoms with Crippen LogP contribution < -0.4 is 10.1 Å². The second-order valence-electron chi connectivity index (χ2n) is 8.78. The molecule has 172 valence electrons. The molecule has 8 nitrogen and oxygen atoms in total. The van der Waals surface area contributed by atoms with E-state index in [0.717, 1.165) is 16.7 Å². The van der Waals surface area contributed by atoms with Crippen molar-refractivity contribution in [2.24, 2.45) is 0 Å². The van der Waals surface area contributed by atoms with E-state index in [9.17, 15) is 14.7 Å². The molecule has 1 aromatic heterocycles. The van der Waals surface area contributed by atoms with E-state index in [4.69, 9.17) is 9.47 Å². The molecule has 0 saturated heterocycles. The fourth-order valence-corrected chi connectivity index (χ4v) is 4.30. The molecule has 0 fully saturated rings. The van der Waals surface area contributed by atoms with Gasteiger partial charge in [0.15, 0.2) is 0 Å². The number of nitrogens with zero attached hydrogens (tertiary/aromatic N) is 1. The summed E-state index contributed by atoms with van der Waals surface area (Å²) < 4.78 is 11.1. The number of aromatic amines is 1. The summed E-state index contributed by atoms with van der Waals surface area (Å²) in [5.41, 5.74) is 3.90. The maximum atomic E-state index is 13.3. The molecule has 33 heavy (non-hydrogen) atoms. The number of aromatic nitrogens is 2. The number of esters is 1. The Hall–Kier alpha value is -3.81. The molecule has 2 heterocycles. The number of methoxy groups -OCH3 is 1. The van der Waals surface area contributed by atoms with E-state index in [1.54, 1.807) is 19.2 Å². The van der Waals surface area contributed by atoms with Crippen molar-refractivity contribution in [3.63, 3.8) is 0 Å². The predicted octanol–water partition coefficient (Wildman–Crippen LogP) is 3.54. The van der Waals surface area contributed by atoms with Crippen LogP contribution >= 0.6 is 0 Å². The third kappa shape index (κ3) is 4.04. The lowest BCUT2D eigenvalue weighted by molar-refractivity contribution is -0.142. The number of hydrogen-bond donors (Lipinski definition) is 3. The fourth-order valence-electron chi connectivity index (χ4n) is 4.30. The van der Waals surface area contributed by atoms with Gasteiger partial charge in [-0.2, -0.15) is 0 Å². The monoisotopic (exact) mass is 449 g/mol. The number of carbonyl (C=O) groups excluding carboxylic acids is 2. The van der Waals surface area contributed by atoms with Crippen LogP contribution in [0.2, 0.25) is 0 Å². The van der Waals surface area contributed by atoms with Crippen molar-refractivity contribution in [1.29, 1.82) is 0 Å². The second kappa shape index (κ2) is 8.27. The lowest BCUT2D eigenvalue weighted by Crippen LogP contribution is -2.43. The summed E-state index contributed by atoms with van der Waals surface area (Å²) in [5, 5.41) is 14.0. The van der Waals surface area contributed by atoms with E-state index in [0.29, 0.717) is 22.6 Å². The van der Waals surface area contributed by atoms with Gasteiger partial charge in [-0.05, 0) is 44.9 Å².